The van der Waals surface area contributed by atoms with Gasteiger partial charge in [-0.1, -0.05) is 6.07 Å². The molecule has 7 heteroatoms. The van der Waals surface area contributed by atoms with Crippen LogP contribution >= 0.6 is 11.6 Å². The van der Waals surface area contributed by atoms with Gasteiger partial charge in [-0.3, -0.25) is 4.98 Å². The number of halogens is 1. The number of rotatable bonds is 3. The highest BCUT2D eigenvalue weighted by Gasteiger charge is 2.08. The quantitative estimate of drug-likeness (QED) is 0.704. The lowest BCUT2D eigenvalue weighted by atomic mass is 10.3. The molecule has 3 heterocycles. The van der Waals surface area contributed by atoms with Gasteiger partial charge < -0.3 is 10.3 Å². The van der Waals surface area contributed by atoms with Crippen LogP contribution < -0.4 is 5.32 Å². The number of hydrogen-bond acceptors (Lipinski definition) is 5. The second kappa shape index (κ2) is 4.58. The second-order valence-corrected chi connectivity index (χ2v) is 3.99. The molecule has 2 N–H and O–H groups in total. The Kier molecular flexibility index (Phi) is 2.77. The zero-order valence-electron chi connectivity index (χ0n) is 9.26. The fourth-order valence-corrected chi connectivity index (χ4v) is 1.79. The number of fused-ring (bicyclic) bond motifs is 1. The molecule has 0 amide bonds. The van der Waals surface area contributed by atoms with Gasteiger partial charge in [0.25, 0.3) is 0 Å². The van der Waals surface area contributed by atoms with Crippen molar-refractivity contribution in [1.82, 2.24) is 24.9 Å². The monoisotopic (exact) mass is 260 g/mol. The highest BCUT2D eigenvalue weighted by molar-refractivity contribution is 6.28. The smallest absolute Gasteiger partial charge is 0.226 e. The first kappa shape index (κ1) is 10.9. The predicted octanol–water partition coefficient (Wildman–Crippen LogP) is 2.01. The van der Waals surface area contributed by atoms with E-state index in [4.69, 9.17) is 11.6 Å². The van der Waals surface area contributed by atoms with Gasteiger partial charge in [0, 0.05) is 18.9 Å². The van der Waals surface area contributed by atoms with Crippen LogP contribution in [0.1, 0.15) is 5.56 Å². The van der Waals surface area contributed by atoms with Gasteiger partial charge in [-0.15, -0.1) is 0 Å². The molecule has 0 aliphatic heterocycles. The third kappa shape index (κ3) is 2.10. The number of aromatic nitrogens is 5. The molecule has 0 radical (unpaired) electrons. The fraction of sp³-hybridized carbons (Fsp3) is 0.0909. The highest BCUT2D eigenvalue weighted by atomic mass is 35.5. The van der Waals surface area contributed by atoms with E-state index < -0.39 is 0 Å². The van der Waals surface area contributed by atoms with Crippen LogP contribution in [-0.4, -0.2) is 24.9 Å². The standard InChI is InChI=1S/C11H9ClN6/c12-11-17-9(8-10(18-11)16-6-15-8)14-5-7-2-1-3-13-4-7/h1-4,6H,5H2,(H2,14,15,16,17,18). The van der Waals surface area contributed by atoms with Crippen LogP contribution in [0, 0.1) is 0 Å². The molecule has 0 saturated heterocycles. The summed E-state index contributed by atoms with van der Waals surface area (Å²) < 4.78 is 0. The predicted molar refractivity (Wildman–Crippen MR) is 68.3 cm³/mol. The summed E-state index contributed by atoms with van der Waals surface area (Å²) in [7, 11) is 0. The third-order valence-corrected chi connectivity index (χ3v) is 2.60. The number of nitrogens with zero attached hydrogens (tertiary/aromatic N) is 4. The van der Waals surface area contributed by atoms with Crippen LogP contribution in [0.25, 0.3) is 11.2 Å². The number of pyridine rings is 1. The van der Waals surface area contributed by atoms with Crippen LogP contribution in [0.4, 0.5) is 5.82 Å². The van der Waals surface area contributed by atoms with E-state index in [-0.39, 0.29) is 5.28 Å². The van der Waals surface area contributed by atoms with Crippen LogP contribution in [0.5, 0.6) is 0 Å². The summed E-state index contributed by atoms with van der Waals surface area (Å²) in [5, 5.41) is 3.35. The maximum atomic E-state index is 5.84. The molecule has 0 aliphatic carbocycles. The van der Waals surface area contributed by atoms with E-state index in [0.717, 1.165) is 5.56 Å². The van der Waals surface area contributed by atoms with E-state index in [1.54, 1.807) is 18.7 Å². The molecule has 90 valence electrons. The number of imidazole rings is 1. The molecule has 18 heavy (non-hydrogen) atoms. The summed E-state index contributed by atoms with van der Waals surface area (Å²) in [5.41, 5.74) is 2.34. The van der Waals surface area contributed by atoms with E-state index in [0.29, 0.717) is 23.5 Å². The van der Waals surface area contributed by atoms with Gasteiger partial charge in [-0.2, -0.15) is 9.97 Å². The van der Waals surface area contributed by atoms with E-state index in [9.17, 15) is 0 Å². The summed E-state index contributed by atoms with van der Waals surface area (Å²) in [6, 6.07) is 3.86. The first-order valence-electron chi connectivity index (χ1n) is 5.32. The van der Waals surface area contributed by atoms with Crippen LogP contribution in [-0.2, 0) is 6.54 Å². The van der Waals surface area contributed by atoms with E-state index in [1.807, 2.05) is 12.1 Å². The Morgan fingerprint density at radius 1 is 1.33 bits per heavy atom. The van der Waals surface area contributed by atoms with E-state index in [1.165, 1.54) is 0 Å². The highest BCUT2D eigenvalue weighted by Crippen LogP contribution is 2.18. The molecule has 0 aromatic carbocycles. The molecule has 3 aromatic heterocycles. The lowest BCUT2D eigenvalue weighted by molar-refractivity contribution is 1.08. The molecular formula is C11H9ClN6. The van der Waals surface area contributed by atoms with Crippen molar-refractivity contribution in [1.29, 1.82) is 0 Å². The number of H-pyrrole nitrogens is 1. The van der Waals surface area contributed by atoms with Crippen molar-refractivity contribution in [2.24, 2.45) is 0 Å². The van der Waals surface area contributed by atoms with Gasteiger partial charge in [-0.05, 0) is 23.2 Å². The van der Waals surface area contributed by atoms with Crippen LogP contribution in [0.15, 0.2) is 30.9 Å². The number of aromatic amines is 1. The molecule has 0 bridgehead atoms. The van der Waals surface area contributed by atoms with Crippen molar-refractivity contribution in [3.05, 3.63) is 41.7 Å². The van der Waals surface area contributed by atoms with Crippen LogP contribution in [0.2, 0.25) is 5.28 Å². The number of anilines is 1. The van der Waals surface area contributed by atoms with Gasteiger partial charge >= 0.3 is 0 Å². The normalized spacial score (nSPS) is 10.7. The van der Waals surface area contributed by atoms with Crippen LogP contribution in [0.3, 0.4) is 0 Å². The summed E-state index contributed by atoms with van der Waals surface area (Å²) in [6.07, 6.45) is 5.08. The maximum absolute atomic E-state index is 5.84. The van der Waals surface area contributed by atoms with Gasteiger partial charge in [0.1, 0.15) is 5.52 Å². The SMILES string of the molecule is Clc1nc(NCc2cccnc2)c2nc[nH]c2n1. The number of nitrogens with one attached hydrogen (secondary N) is 2. The molecule has 0 atom stereocenters. The molecule has 6 nitrogen and oxygen atoms in total. The summed E-state index contributed by atoms with van der Waals surface area (Å²) in [5.74, 6) is 0.607. The lowest BCUT2D eigenvalue weighted by Crippen LogP contribution is -2.03. The summed E-state index contributed by atoms with van der Waals surface area (Å²) in [4.78, 5) is 19.3. The Balaban J connectivity index is 1.88. The zero-order chi connectivity index (χ0) is 12.4. The first-order valence-corrected chi connectivity index (χ1v) is 5.70. The first-order chi connectivity index (χ1) is 8.83. The van der Waals surface area contributed by atoms with Crippen molar-refractivity contribution in [2.75, 3.05) is 5.32 Å². The summed E-state index contributed by atoms with van der Waals surface area (Å²) >= 11 is 5.84. The molecule has 3 aromatic rings. The molecular weight excluding hydrogens is 252 g/mol. The van der Waals surface area contributed by atoms with Crippen molar-refractivity contribution in [2.45, 2.75) is 6.54 Å². The van der Waals surface area contributed by atoms with Crippen molar-refractivity contribution >= 4 is 28.6 Å². The topological polar surface area (TPSA) is 79.4 Å². The average molecular weight is 261 g/mol. The van der Waals surface area contributed by atoms with Gasteiger partial charge in [0.2, 0.25) is 5.28 Å². The summed E-state index contributed by atoms with van der Waals surface area (Å²) in [6.45, 7) is 0.600. The molecule has 0 saturated carbocycles. The molecule has 0 unspecified atom stereocenters. The second-order valence-electron chi connectivity index (χ2n) is 3.66. The van der Waals surface area contributed by atoms with Crippen molar-refractivity contribution < 1.29 is 0 Å². The largest absolute Gasteiger partial charge is 0.364 e. The van der Waals surface area contributed by atoms with Gasteiger partial charge in [0.05, 0.1) is 6.33 Å². The Morgan fingerprint density at radius 3 is 3.11 bits per heavy atom. The fourth-order valence-electron chi connectivity index (χ4n) is 1.62. The van der Waals surface area contributed by atoms with Gasteiger partial charge in [0.15, 0.2) is 11.5 Å². The molecule has 0 aliphatic rings. The molecule has 0 fully saturated rings. The minimum absolute atomic E-state index is 0.181. The average Bonchev–Trinajstić information content (AvgIpc) is 2.85. The minimum Gasteiger partial charge on any atom is -0.364 e. The maximum Gasteiger partial charge on any atom is 0.226 e. The lowest BCUT2D eigenvalue weighted by Gasteiger charge is -2.05. The van der Waals surface area contributed by atoms with Crippen molar-refractivity contribution in [3.8, 4) is 0 Å². The minimum atomic E-state index is 0.181. The number of hydrogen-bond donors (Lipinski definition) is 2. The Bertz CT molecular complexity index is 666. The molecule has 0 spiro atoms. The van der Waals surface area contributed by atoms with Crippen molar-refractivity contribution in [3.63, 3.8) is 0 Å². The zero-order valence-corrected chi connectivity index (χ0v) is 10.0. The van der Waals surface area contributed by atoms with E-state index >= 15 is 0 Å². The van der Waals surface area contributed by atoms with Gasteiger partial charge in [-0.25, -0.2) is 4.98 Å². The van der Waals surface area contributed by atoms with E-state index in [2.05, 4.69) is 30.2 Å². The Morgan fingerprint density at radius 2 is 2.28 bits per heavy atom. The third-order valence-electron chi connectivity index (χ3n) is 2.43. The molecule has 3 rings (SSSR count). The Hall–Kier alpha value is -2.21. The Labute approximate surface area is 107 Å².